The Morgan fingerprint density at radius 2 is 1.68 bits per heavy atom. The van der Waals surface area contributed by atoms with Crippen LogP contribution < -0.4 is 29.9 Å². The van der Waals surface area contributed by atoms with Gasteiger partial charge in [-0.1, -0.05) is 73.1 Å². The number of hydrogen-bond acceptors (Lipinski definition) is 8. The largest absolute Gasteiger partial charge is 0.495 e. The number of amides is 3. The number of hydrogen-bond donors (Lipinski definition) is 2. The number of ketones is 1. The number of fused-ring (bicyclic) bond motifs is 1. The molecule has 0 aliphatic carbocycles. The van der Waals surface area contributed by atoms with Crippen LogP contribution in [-0.4, -0.2) is 41.9 Å². The van der Waals surface area contributed by atoms with Crippen molar-refractivity contribution in [3.8, 4) is 11.5 Å². The van der Waals surface area contributed by atoms with E-state index in [0.29, 0.717) is 29.2 Å². The lowest BCUT2D eigenvalue weighted by molar-refractivity contribution is -0.118. The smallest absolute Gasteiger partial charge is 0.330 e. The maximum absolute atomic E-state index is 14.4. The number of benzene rings is 3. The molecule has 0 unspecified atom stereocenters. The molecule has 0 saturated carbocycles. The second kappa shape index (κ2) is 14.5. The van der Waals surface area contributed by atoms with Crippen LogP contribution in [0.5, 0.6) is 11.5 Å². The Morgan fingerprint density at radius 3 is 2.34 bits per heavy atom. The fraction of sp³-hybridized carbons (Fsp3) is 0.206. The number of carbonyl (C=O) groups excluding carboxylic acids is 3. The molecule has 2 heterocycles. The molecule has 11 nitrogen and oxygen atoms in total. The maximum atomic E-state index is 14.4. The fourth-order valence-corrected chi connectivity index (χ4v) is 5.79. The summed E-state index contributed by atoms with van der Waals surface area (Å²) in [5, 5.41) is 6.16. The van der Waals surface area contributed by atoms with E-state index in [1.54, 1.807) is 36.5 Å². The predicted molar refractivity (Wildman–Crippen MR) is 183 cm³/mol. The number of ether oxygens (including phenoxy) is 2. The molecule has 0 saturated heterocycles. The maximum Gasteiger partial charge on any atom is 0.330 e. The van der Waals surface area contributed by atoms with Crippen LogP contribution in [0.25, 0.3) is 0 Å². The number of rotatable bonds is 12. The van der Waals surface area contributed by atoms with Gasteiger partial charge in [0.1, 0.15) is 33.1 Å². The number of nitrogens with zero attached hydrogens (tertiary/aromatic N) is 4. The molecule has 3 aromatic carbocycles. The molecule has 2 N–H and O–H groups in total. The third kappa shape index (κ3) is 7.16. The third-order valence-electron chi connectivity index (χ3n) is 7.45. The average molecular weight is 676 g/mol. The van der Waals surface area contributed by atoms with Crippen LogP contribution in [0.2, 0.25) is 10.0 Å². The van der Waals surface area contributed by atoms with E-state index in [4.69, 9.17) is 37.7 Å². The van der Waals surface area contributed by atoms with Crippen molar-refractivity contribution in [2.45, 2.75) is 32.9 Å². The normalized spacial score (nSPS) is 12.3. The van der Waals surface area contributed by atoms with Crippen molar-refractivity contribution in [2.75, 3.05) is 34.7 Å². The van der Waals surface area contributed by atoms with Crippen LogP contribution in [-0.2, 0) is 29.1 Å². The predicted octanol–water partition coefficient (Wildman–Crippen LogP) is 7.34. The molecule has 0 spiro atoms. The first kappa shape index (κ1) is 33.2. The van der Waals surface area contributed by atoms with E-state index in [1.165, 1.54) is 30.1 Å². The monoisotopic (exact) mass is 674 g/mol. The Hall–Kier alpha value is -5.13. The lowest BCUT2D eigenvalue weighted by atomic mass is 10.0. The molecule has 0 bridgehead atoms. The zero-order chi connectivity index (χ0) is 33.7. The van der Waals surface area contributed by atoms with Gasteiger partial charge in [-0.3, -0.25) is 19.4 Å². The van der Waals surface area contributed by atoms with E-state index in [-0.39, 0.29) is 64.4 Å². The minimum atomic E-state index is -0.463. The van der Waals surface area contributed by atoms with E-state index in [0.717, 1.165) is 11.1 Å². The molecule has 3 amide bonds. The number of Topliss-reactive ketones (excluding diaryl/α,β-unsaturated/α-hetero) is 1. The molecule has 0 atom stereocenters. The van der Waals surface area contributed by atoms with E-state index in [2.05, 4.69) is 22.2 Å². The van der Waals surface area contributed by atoms with Gasteiger partial charge in [-0.05, 0) is 29.3 Å². The van der Waals surface area contributed by atoms with Gasteiger partial charge in [0.2, 0.25) is 11.9 Å². The quantitative estimate of drug-likeness (QED) is 0.150. The number of nitrogens with one attached hydrogen (secondary N) is 2. The highest BCUT2D eigenvalue weighted by atomic mass is 35.5. The van der Waals surface area contributed by atoms with Gasteiger partial charge in [0, 0.05) is 30.7 Å². The van der Waals surface area contributed by atoms with Gasteiger partial charge in [-0.25, -0.2) is 9.78 Å². The van der Waals surface area contributed by atoms with Crippen LogP contribution in [0.4, 0.5) is 33.6 Å². The van der Waals surface area contributed by atoms with Crippen LogP contribution >= 0.6 is 23.2 Å². The summed E-state index contributed by atoms with van der Waals surface area (Å²) >= 11 is 13.5. The Labute approximate surface area is 282 Å². The van der Waals surface area contributed by atoms with Gasteiger partial charge in [0.15, 0.2) is 0 Å². The Balaban J connectivity index is 1.59. The molecule has 5 rings (SSSR count). The Bertz CT molecular complexity index is 1840. The van der Waals surface area contributed by atoms with Crippen LogP contribution in [0.3, 0.4) is 0 Å². The number of carbonyl (C=O) groups is 3. The van der Waals surface area contributed by atoms with Crippen molar-refractivity contribution in [3.63, 3.8) is 0 Å². The van der Waals surface area contributed by atoms with Gasteiger partial charge in [-0.15, -0.1) is 0 Å². The molecule has 1 aliphatic rings. The van der Waals surface area contributed by atoms with Crippen molar-refractivity contribution in [1.82, 2.24) is 9.97 Å². The van der Waals surface area contributed by atoms with Crippen molar-refractivity contribution >= 4 is 69.8 Å². The molecule has 47 heavy (non-hydrogen) atoms. The highest BCUT2D eigenvalue weighted by Gasteiger charge is 2.37. The molecular weight excluding hydrogens is 643 g/mol. The van der Waals surface area contributed by atoms with Crippen LogP contribution in [0.15, 0.2) is 73.4 Å². The molecule has 0 radical (unpaired) electrons. The summed E-state index contributed by atoms with van der Waals surface area (Å²) in [6.07, 6.45) is 3.49. The SMILES string of the molecule is C=CC(=O)Nc1ccccc1Nc1ncc2c(n1)N(Cc1cccc(CC(=O)CC)c1)C(=O)N(c1c(Cl)c(OC)cc(OC)c1Cl)C2. The highest BCUT2D eigenvalue weighted by Crippen LogP contribution is 2.48. The molecule has 1 aromatic heterocycles. The highest BCUT2D eigenvalue weighted by molar-refractivity contribution is 6.42. The van der Waals surface area contributed by atoms with Gasteiger partial charge in [0.05, 0.1) is 44.4 Å². The number of aromatic nitrogens is 2. The zero-order valence-electron chi connectivity index (χ0n) is 26.0. The van der Waals surface area contributed by atoms with Crippen molar-refractivity contribution in [2.24, 2.45) is 0 Å². The summed E-state index contributed by atoms with van der Waals surface area (Å²) in [7, 11) is 2.91. The standard InChI is InChI=1S/C34H32Cl2N6O5/c1-5-23(43)15-20-10-9-11-21(14-20)18-42-32-22(17-37-33(40-32)39-25-13-8-7-12-24(25)38-28(44)6-2)19-41(34(42)45)31-29(35)26(46-3)16-27(47-4)30(31)36/h6-14,16-17H,2,5,15,18-19H2,1,3-4H3,(H,38,44)(H,37,39,40). The summed E-state index contributed by atoms with van der Waals surface area (Å²) in [5.74, 6) is 0.831. The van der Waals surface area contributed by atoms with E-state index >= 15 is 0 Å². The fourth-order valence-electron chi connectivity index (χ4n) is 5.08. The molecule has 0 fully saturated rings. The lowest BCUT2D eigenvalue weighted by Gasteiger charge is -2.37. The number of halogens is 2. The summed E-state index contributed by atoms with van der Waals surface area (Å²) < 4.78 is 10.9. The molecule has 1 aliphatic heterocycles. The minimum absolute atomic E-state index is 0.0394. The average Bonchev–Trinajstić information content (AvgIpc) is 3.07. The molecule has 242 valence electrons. The third-order valence-corrected chi connectivity index (χ3v) is 8.18. The molecule has 4 aromatic rings. The summed E-state index contributed by atoms with van der Waals surface area (Å²) in [4.78, 5) is 50.8. The minimum Gasteiger partial charge on any atom is -0.495 e. The summed E-state index contributed by atoms with van der Waals surface area (Å²) in [6, 6.07) is 15.6. The van der Waals surface area contributed by atoms with Crippen LogP contribution in [0, 0.1) is 0 Å². The van der Waals surface area contributed by atoms with Gasteiger partial charge >= 0.3 is 6.03 Å². The van der Waals surface area contributed by atoms with Crippen LogP contribution in [0.1, 0.15) is 30.0 Å². The second-order valence-electron chi connectivity index (χ2n) is 10.5. The van der Waals surface area contributed by atoms with Crippen molar-refractivity contribution in [3.05, 3.63) is 100 Å². The van der Waals surface area contributed by atoms with E-state index in [9.17, 15) is 14.4 Å². The Morgan fingerprint density at radius 1 is 1.00 bits per heavy atom. The van der Waals surface area contributed by atoms with Gasteiger partial charge < -0.3 is 20.1 Å². The zero-order valence-corrected chi connectivity index (χ0v) is 27.5. The summed E-state index contributed by atoms with van der Waals surface area (Å²) in [5.41, 5.74) is 3.46. The number of anilines is 5. The first-order chi connectivity index (χ1) is 22.7. The number of urea groups is 1. The van der Waals surface area contributed by atoms with Gasteiger partial charge in [-0.2, -0.15) is 4.98 Å². The Kier molecular flexibility index (Phi) is 10.3. The number of para-hydroxylation sites is 2. The van der Waals surface area contributed by atoms with E-state index in [1.807, 2.05) is 31.2 Å². The number of methoxy groups -OCH3 is 2. The lowest BCUT2D eigenvalue weighted by Crippen LogP contribution is -2.48. The first-order valence-corrected chi connectivity index (χ1v) is 15.4. The van der Waals surface area contributed by atoms with Gasteiger partial charge in [0.25, 0.3) is 0 Å². The molecule has 13 heteroatoms. The second-order valence-corrected chi connectivity index (χ2v) is 11.3. The topological polar surface area (TPSA) is 126 Å². The first-order valence-electron chi connectivity index (χ1n) is 14.6. The van der Waals surface area contributed by atoms with Crippen molar-refractivity contribution in [1.29, 1.82) is 0 Å². The molecular formula is C34H32Cl2N6O5. The van der Waals surface area contributed by atoms with E-state index < -0.39 is 6.03 Å². The summed E-state index contributed by atoms with van der Waals surface area (Å²) in [6.45, 7) is 5.47. The van der Waals surface area contributed by atoms with Crippen molar-refractivity contribution < 1.29 is 23.9 Å².